The molecule has 8 heteroatoms. The molecule has 1 aliphatic heterocycles. The Bertz CT molecular complexity index is 1190. The number of carbonyl (C=O) groups is 2. The molecule has 0 atom stereocenters. The number of imidazole rings is 1. The Hall–Kier alpha value is -3.06. The van der Waals surface area contributed by atoms with Crippen molar-refractivity contribution in [3.8, 4) is 0 Å². The lowest BCUT2D eigenvalue weighted by Crippen LogP contribution is -2.40. The molecule has 4 rings (SSSR count). The number of nitrogens with one attached hydrogen (secondary N) is 1. The lowest BCUT2D eigenvalue weighted by Gasteiger charge is -2.34. The average molecular weight is 483 g/mol. The van der Waals surface area contributed by atoms with Crippen LogP contribution in [0.1, 0.15) is 41.5 Å². The van der Waals surface area contributed by atoms with Gasteiger partial charge in [-0.1, -0.05) is 30.7 Å². The summed E-state index contributed by atoms with van der Waals surface area (Å²) >= 11 is 6.20. The van der Waals surface area contributed by atoms with Crippen LogP contribution in [0.2, 0.25) is 5.02 Å². The number of aromatic nitrogens is 2. The number of hydrogen-bond donors (Lipinski definition) is 1. The smallest absolute Gasteiger partial charge is 0.296 e. The number of aryl methyl sites for hydroxylation is 1. The van der Waals surface area contributed by atoms with E-state index >= 15 is 0 Å². The van der Waals surface area contributed by atoms with Crippen molar-refractivity contribution in [2.45, 2.75) is 32.7 Å². The van der Waals surface area contributed by atoms with E-state index in [0.717, 1.165) is 54.9 Å². The summed E-state index contributed by atoms with van der Waals surface area (Å²) in [6, 6.07) is 12.1. The Balaban J connectivity index is 1.40. The van der Waals surface area contributed by atoms with Crippen molar-refractivity contribution in [2.24, 2.45) is 13.0 Å². The Morgan fingerprint density at radius 1 is 1.12 bits per heavy atom. The number of anilines is 1. The van der Waals surface area contributed by atoms with E-state index in [9.17, 15) is 9.59 Å². The van der Waals surface area contributed by atoms with Crippen molar-refractivity contribution in [1.29, 1.82) is 0 Å². The molecule has 1 saturated heterocycles. The first-order chi connectivity index (χ1) is 16.3. The zero-order valence-corrected chi connectivity index (χ0v) is 21.1. The number of pyridine rings is 1. The minimum absolute atomic E-state index is 0.119. The summed E-state index contributed by atoms with van der Waals surface area (Å²) in [6.45, 7) is 4.24. The SMILES string of the molecule is CCc1c(C(=O)NCc2ccc(N3CCC(C(=O)N(C)C)CC3)cc2)[n+]2cc(Cl)ccc2n1C. The number of hydrogen-bond acceptors (Lipinski definition) is 3. The van der Waals surface area contributed by atoms with Crippen LogP contribution in [0.15, 0.2) is 42.6 Å². The van der Waals surface area contributed by atoms with Crippen LogP contribution in [-0.2, 0) is 24.8 Å². The molecular formula is C26H33ClN5O2+. The van der Waals surface area contributed by atoms with Crippen LogP contribution in [0.3, 0.4) is 0 Å². The molecule has 180 valence electrons. The molecular weight excluding hydrogens is 450 g/mol. The number of nitrogens with zero attached hydrogens (tertiary/aromatic N) is 4. The van der Waals surface area contributed by atoms with E-state index in [1.165, 1.54) is 0 Å². The normalized spacial score (nSPS) is 14.4. The topological polar surface area (TPSA) is 61.7 Å². The predicted molar refractivity (Wildman–Crippen MR) is 134 cm³/mol. The zero-order valence-electron chi connectivity index (χ0n) is 20.3. The van der Waals surface area contributed by atoms with Crippen LogP contribution in [0.4, 0.5) is 5.69 Å². The molecule has 1 fully saturated rings. The molecule has 0 unspecified atom stereocenters. The van der Waals surface area contributed by atoms with Gasteiger partial charge in [-0.2, -0.15) is 4.40 Å². The van der Waals surface area contributed by atoms with E-state index in [4.69, 9.17) is 11.6 Å². The molecule has 3 aromatic rings. The lowest BCUT2D eigenvalue weighted by molar-refractivity contribution is -0.513. The van der Waals surface area contributed by atoms with Gasteiger partial charge in [-0.3, -0.25) is 9.59 Å². The molecule has 0 bridgehead atoms. The van der Waals surface area contributed by atoms with Crippen LogP contribution in [0.25, 0.3) is 5.65 Å². The minimum atomic E-state index is -0.119. The van der Waals surface area contributed by atoms with Gasteiger partial charge >= 0.3 is 0 Å². The predicted octanol–water partition coefficient (Wildman–Crippen LogP) is 3.21. The molecule has 2 amide bonds. The second kappa shape index (κ2) is 10.1. The molecule has 1 aliphatic rings. The first-order valence-electron chi connectivity index (χ1n) is 11.8. The van der Waals surface area contributed by atoms with Crippen molar-refractivity contribution in [2.75, 3.05) is 32.1 Å². The van der Waals surface area contributed by atoms with E-state index in [0.29, 0.717) is 17.3 Å². The maximum Gasteiger partial charge on any atom is 0.296 e. The molecule has 7 nitrogen and oxygen atoms in total. The Kier molecular flexibility index (Phi) is 7.12. The van der Waals surface area contributed by atoms with Gasteiger partial charge in [0.25, 0.3) is 11.6 Å². The number of rotatable bonds is 6. The van der Waals surface area contributed by atoms with Gasteiger partial charge in [0.05, 0.1) is 12.1 Å². The van der Waals surface area contributed by atoms with Crippen LogP contribution in [0.5, 0.6) is 0 Å². The van der Waals surface area contributed by atoms with Gasteiger partial charge in [-0.25, -0.2) is 4.57 Å². The highest BCUT2D eigenvalue weighted by molar-refractivity contribution is 6.30. The Morgan fingerprint density at radius 2 is 1.79 bits per heavy atom. The highest BCUT2D eigenvalue weighted by Crippen LogP contribution is 2.24. The monoisotopic (exact) mass is 482 g/mol. The van der Waals surface area contributed by atoms with Gasteiger partial charge in [-0.15, -0.1) is 0 Å². The number of halogens is 1. The van der Waals surface area contributed by atoms with E-state index < -0.39 is 0 Å². The molecule has 3 heterocycles. The summed E-state index contributed by atoms with van der Waals surface area (Å²) in [7, 11) is 5.61. The fourth-order valence-electron chi connectivity index (χ4n) is 4.84. The molecule has 0 radical (unpaired) electrons. The molecule has 1 aromatic carbocycles. The zero-order chi connectivity index (χ0) is 24.4. The summed E-state index contributed by atoms with van der Waals surface area (Å²) in [4.78, 5) is 29.4. The minimum Gasteiger partial charge on any atom is -0.371 e. The largest absolute Gasteiger partial charge is 0.371 e. The summed E-state index contributed by atoms with van der Waals surface area (Å²) in [6.07, 6.45) is 4.28. The fraction of sp³-hybridized carbons (Fsp3) is 0.423. The first kappa shape index (κ1) is 24.1. The number of piperidine rings is 1. The third-order valence-corrected chi connectivity index (χ3v) is 6.97. The average Bonchev–Trinajstić information content (AvgIpc) is 3.13. The second-order valence-corrected chi connectivity index (χ2v) is 9.56. The van der Waals surface area contributed by atoms with E-state index in [1.54, 1.807) is 11.1 Å². The Labute approximate surface area is 205 Å². The van der Waals surface area contributed by atoms with Crippen molar-refractivity contribution in [3.05, 3.63) is 64.6 Å². The van der Waals surface area contributed by atoms with Crippen molar-refractivity contribution in [1.82, 2.24) is 14.8 Å². The van der Waals surface area contributed by atoms with Gasteiger partial charge < -0.3 is 15.1 Å². The summed E-state index contributed by atoms with van der Waals surface area (Å²) in [5.74, 6) is 0.227. The maximum atomic E-state index is 13.2. The van der Waals surface area contributed by atoms with Gasteiger partial charge in [0.2, 0.25) is 11.6 Å². The highest BCUT2D eigenvalue weighted by atomic mass is 35.5. The summed E-state index contributed by atoms with van der Waals surface area (Å²) in [5, 5.41) is 3.66. The van der Waals surface area contributed by atoms with Crippen molar-refractivity contribution >= 4 is 34.7 Å². The first-order valence-corrected chi connectivity index (χ1v) is 12.2. The summed E-state index contributed by atoms with van der Waals surface area (Å²) < 4.78 is 3.90. The molecule has 1 N–H and O–H groups in total. The van der Waals surface area contributed by atoms with Crippen LogP contribution >= 0.6 is 11.6 Å². The lowest BCUT2D eigenvalue weighted by atomic mass is 9.95. The van der Waals surface area contributed by atoms with Gasteiger partial charge in [-0.05, 0) is 36.6 Å². The standard InChI is InChI=1S/C26H32ClN5O2/c1-5-22-24(32-17-20(27)8-11-23(32)30(22)4)25(33)28-16-18-6-9-21(10-7-18)31-14-12-19(13-15-31)26(34)29(2)3/h6-11,17,19H,5,12-16H2,1-4H3/p+1. The van der Waals surface area contributed by atoms with Crippen LogP contribution in [-0.4, -0.2) is 48.5 Å². The maximum absolute atomic E-state index is 13.2. The van der Waals surface area contributed by atoms with E-state index in [2.05, 4.69) is 34.5 Å². The molecule has 34 heavy (non-hydrogen) atoms. The van der Waals surface area contributed by atoms with Gasteiger partial charge in [0.15, 0.2) is 5.69 Å². The fourth-order valence-corrected chi connectivity index (χ4v) is 5.00. The quantitative estimate of drug-likeness (QED) is 0.549. The highest BCUT2D eigenvalue weighted by Gasteiger charge is 2.28. The third kappa shape index (κ3) is 4.75. The molecule has 0 aliphatic carbocycles. The van der Waals surface area contributed by atoms with Crippen LogP contribution in [0, 0.1) is 5.92 Å². The molecule has 2 aromatic heterocycles. The summed E-state index contributed by atoms with van der Waals surface area (Å²) in [5.41, 5.74) is 4.70. The molecule has 0 spiro atoms. The van der Waals surface area contributed by atoms with Crippen LogP contribution < -0.4 is 14.6 Å². The van der Waals surface area contributed by atoms with Crippen molar-refractivity contribution in [3.63, 3.8) is 0 Å². The number of fused-ring (bicyclic) bond motifs is 1. The van der Waals surface area contributed by atoms with Gasteiger partial charge in [0, 0.05) is 57.8 Å². The van der Waals surface area contributed by atoms with E-state index in [1.807, 2.05) is 49.2 Å². The third-order valence-electron chi connectivity index (χ3n) is 6.74. The number of benzene rings is 1. The number of carbonyl (C=O) groups excluding carboxylic acids is 2. The second-order valence-electron chi connectivity index (χ2n) is 9.13. The van der Waals surface area contributed by atoms with Gasteiger partial charge in [0.1, 0.15) is 6.20 Å². The van der Waals surface area contributed by atoms with Crippen molar-refractivity contribution < 1.29 is 14.0 Å². The van der Waals surface area contributed by atoms with E-state index in [-0.39, 0.29) is 17.7 Å². The number of amides is 2. The Morgan fingerprint density at radius 3 is 2.41 bits per heavy atom. The molecule has 0 saturated carbocycles.